The minimum Gasteiger partial charge on any atom is -0.387 e. The lowest BCUT2D eigenvalue weighted by Crippen LogP contribution is -2.24. The van der Waals surface area contributed by atoms with E-state index >= 15 is 0 Å². The molecule has 2 rings (SSSR count). The molecular weight excluding hydrogens is 265 g/mol. The lowest BCUT2D eigenvalue weighted by Gasteiger charge is -2.21. The number of aliphatic hydroxyl groups is 1. The van der Waals surface area contributed by atoms with E-state index in [1.54, 1.807) is 12.1 Å². The Balaban J connectivity index is 1.96. The highest BCUT2D eigenvalue weighted by Crippen LogP contribution is 2.18. The van der Waals surface area contributed by atoms with Crippen molar-refractivity contribution in [2.75, 3.05) is 13.6 Å². The molecule has 0 aliphatic heterocycles. The zero-order valence-electron chi connectivity index (χ0n) is 12.8. The Morgan fingerprint density at radius 1 is 1.05 bits per heavy atom. The van der Waals surface area contributed by atoms with Crippen LogP contribution >= 0.6 is 0 Å². The van der Waals surface area contributed by atoms with Gasteiger partial charge in [0, 0.05) is 13.1 Å². The smallest absolute Gasteiger partial charge is 0.123 e. The van der Waals surface area contributed by atoms with Crippen molar-refractivity contribution in [2.45, 2.75) is 26.5 Å². The minimum atomic E-state index is -0.519. The quantitative estimate of drug-likeness (QED) is 0.908. The number of halogens is 1. The molecule has 0 spiro atoms. The summed E-state index contributed by atoms with van der Waals surface area (Å²) in [5.41, 5.74) is 4.38. The molecule has 2 aromatic carbocycles. The van der Waals surface area contributed by atoms with Gasteiger partial charge in [0.15, 0.2) is 0 Å². The second-order valence-electron chi connectivity index (χ2n) is 5.68. The summed E-state index contributed by atoms with van der Waals surface area (Å²) in [6, 6.07) is 12.5. The van der Waals surface area contributed by atoms with Crippen molar-refractivity contribution in [2.24, 2.45) is 0 Å². The first kappa shape index (κ1) is 15.7. The van der Waals surface area contributed by atoms with Crippen molar-refractivity contribution in [1.82, 2.24) is 4.90 Å². The van der Waals surface area contributed by atoms with E-state index in [0.717, 1.165) is 11.1 Å². The molecule has 0 amide bonds. The standard InChI is InChI=1S/C18H22FNO/c1-13-4-7-16(10-14(13)2)18(21)12-20(3)11-15-5-8-17(19)9-6-15/h4-10,18,21H,11-12H2,1-3H3. The van der Waals surface area contributed by atoms with Crippen LogP contribution in [0.15, 0.2) is 42.5 Å². The Morgan fingerprint density at radius 2 is 1.71 bits per heavy atom. The predicted octanol–water partition coefficient (Wildman–Crippen LogP) is 3.61. The molecule has 0 radical (unpaired) electrons. The number of likely N-dealkylation sites (N-methyl/N-ethyl adjacent to an activating group) is 1. The van der Waals surface area contributed by atoms with Gasteiger partial charge in [0.1, 0.15) is 5.82 Å². The van der Waals surface area contributed by atoms with Crippen molar-refractivity contribution in [3.8, 4) is 0 Å². The molecule has 0 aliphatic rings. The molecule has 2 aromatic rings. The Morgan fingerprint density at radius 3 is 2.33 bits per heavy atom. The molecule has 0 heterocycles. The maximum Gasteiger partial charge on any atom is 0.123 e. The predicted molar refractivity (Wildman–Crippen MR) is 83.6 cm³/mol. The van der Waals surface area contributed by atoms with Crippen LogP contribution in [0.5, 0.6) is 0 Å². The number of aryl methyl sites for hydroxylation is 2. The van der Waals surface area contributed by atoms with Gasteiger partial charge in [0.25, 0.3) is 0 Å². The SMILES string of the molecule is Cc1ccc(C(O)CN(C)Cc2ccc(F)cc2)cc1C. The molecular formula is C18H22FNO. The molecule has 0 saturated heterocycles. The summed E-state index contributed by atoms with van der Waals surface area (Å²) < 4.78 is 12.9. The summed E-state index contributed by atoms with van der Waals surface area (Å²) in [6.07, 6.45) is -0.519. The van der Waals surface area contributed by atoms with E-state index in [2.05, 4.69) is 6.92 Å². The van der Waals surface area contributed by atoms with Gasteiger partial charge < -0.3 is 5.11 Å². The lowest BCUT2D eigenvalue weighted by molar-refractivity contribution is 0.124. The molecule has 0 aliphatic carbocycles. The topological polar surface area (TPSA) is 23.5 Å². The first-order chi connectivity index (χ1) is 9.95. The zero-order chi connectivity index (χ0) is 15.4. The normalized spacial score (nSPS) is 12.7. The summed E-state index contributed by atoms with van der Waals surface area (Å²) in [7, 11) is 1.95. The van der Waals surface area contributed by atoms with Gasteiger partial charge in [-0.2, -0.15) is 0 Å². The summed E-state index contributed by atoms with van der Waals surface area (Å²) in [5.74, 6) is -0.225. The summed E-state index contributed by atoms with van der Waals surface area (Å²) >= 11 is 0. The minimum absolute atomic E-state index is 0.225. The summed E-state index contributed by atoms with van der Waals surface area (Å²) in [6.45, 7) is 5.34. The van der Waals surface area contributed by atoms with Gasteiger partial charge in [-0.1, -0.05) is 30.3 Å². The van der Waals surface area contributed by atoms with Crippen LogP contribution in [0.1, 0.15) is 28.4 Å². The van der Waals surface area contributed by atoms with Gasteiger partial charge in [-0.15, -0.1) is 0 Å². The molecule has 0 fully saturated rings. The molecule has 0 saturated carbocycles. The van der Waals surface area contributed by atoms with Gasteiger partial charge in [0.05, 0.1) is 6.10 Å². The number of benzene rings is 2. The largest absolute Gasteiger partial charge is 0.387 e. The Bertz CT molecular complexity index is 595. The third-order valence-electron chi connectivity index (χ3n) is 3.77. The number of hydrogen-bond donors (Lipinski definition) is 1. The molecule has 2 nitrogen and oxygen atoms in total. The fourth-order valence-electron chi connectivity index (χ4n) is 2.34. The van der Waals surface area contributed by atoms with Gasteiger partial charge in [-0.3, -0.25) is 4.90 Å². The number of aliphatic hydroxyl groups excluding tert-OH is 1. The molecule has 21 heavy (non-hydrogen) atoms. The van der Waals surface area contributed by atoms with Crippen LogP contribution in [0.25, 0.3) is 0 Å². The van der Waals surface area contributed by atoms with Gasteiger partial charge >= 0.3 is 0 Å². The van der Waals surface area contributed by atoms with Crippen LogP contribution in [0, 0.1) is 19.7 Å². The Hall–Kier alpha value is -1.71. The second-order valence-corrected chi connectivity index (χ2v) is 5.68. The number of hydrogen-bond acceptors (Lipinski definition) is 2. The van der Waals surface area contributed by atoms with Gasteiger partial charge in [-0.05, 0) is 55.3 Å². The fraction of sp³-hybridized carbons (Fsp3) is 0.333. The van der Waals surface area contributed by atoms with E-state index < -0.39 is 6.10 Å². The van der Waals surface area contributed by atoms with Gasteiger partial charge in [0.2, 0.25) is 0 Å². The molecule has 112 valence electrons. The van der Waals surface area contributed by atoms with Crippen molar-refractivity contribution in [3.05, 3.63) is 70.5 Å². The Labute approximate surface area is 125 Å². The number of nitrogens with zero attached hydrogens (tertiary/aromatic N) is 1. The van der Waals surface area contributed by atoms with Crippen molar-refractivity contribution in [1.29, 1.82) is 0 Å². The van der Waals surface area contributed by atoms with Crippen LogP contribution < -0.4 is 0 Å². The van der Waals surface area contributed by atoms with Crippen LogP contribution in [0.4, 0.5) is 4.39 Å². The average molecular weight is 287 g/mol. The third kappa shape index (κ3) is 4.38. The summed E-state index contributed by atoms with van der Waals surface area (Å²) in [4.78, 5) is 2.03. The first-order valence-electron chi connectivity index (χ1n) is 7.14. The number of rotatable bonds is 5. The lowest BCUT2D eigenvalue weighted by atomic mass is 10.0. The van der Waals surface area contributed by atoms with E-state index in [1.165, 1.54) is 23.3 Å². The zero-order valence-corrected chi connectivity index (χ0v) is 12.8. The molecule has 1 atom stereocenters. The monoisotopic (exact) mass is 287 g/mol. The first-order valence-corrected chi connectivity index (χ1v) is 7.14. The molecule has 1 unspecified atom stereocenters. The highest BCUT2D eigenvalue weighted by atomic mass is 19.1. The molecule has 0 bridgehead atoms. The summed E-state index contributed by atoms with van der Waals surface area (Å²) in [5, 5.41) is 10.3. The third-order valence-corrected chi connectivity index (χ3v) is 3.77. The van der Waals surface area contributed by atoms with Crippen LogP contribution in [-0.2, 0) is 6.54 Å². The molecule has 1 N–H and O–H groups in total. The van der Waals surface area contributed by atoms with E-state index in [0.29, 0.717) is 13.1 Å². The van der Waals surface area contributed by atoms with Crippen LogP contribution in [-0.4, -0.2) is 23.6 Å². The molecule has 3 heteroatoms. The van der Waals surface area contributed by atoms with Crippen LogP contribution in [0.2, 0.25) is 0 Å². The fourth-order valence-corrected chi connectivity index (χ4v) is 2.34. The van der Waals surface area contributed by atoms with Crippen LogP contribution in [0.3, 0.4) is 0 Å². The maximum absolute atomic E-state index is 12.9. The van der Waals surface area contributed by atoms with Gasteiger partial charge in [-0.25, -0.2) is 4.39 Å². The van der Waals surface area contributed by atoms with Crippen molar-refractivity contribution >= 4 is 0 Å². The van der Waals surface area contributed by atoms with E-state index in [4.69, 9.17) is 0 Å². The van der Waals surface area contributed by atoms with E-state index in [9.17, 15) is 9.50 Å². The van der Waals surface area contributed by atoms with E-state index in [1.807, 2.05) is 37.1 Å². The van der Waals surface area contributed by atoms with Crippen molar-refractivity contribution < 1.29 is 9.50 Å². The van der Waals surface area contributed by atoms with Crippen molar-refractivity contribution in [3.63, 3.8) is 0 Å². The molecule has 0 aromatic heterocycles. The second kappa shape index (κ2) is 6.83. The maximum atomic E-state index is 12.9. The van der Waals surface area contributed by atoms with E-state index in [-0.39, 0.29) is 5.82 Å². The highest BCUT2D eigenvalue weighted by molar-refractivity contribution is 5.31. The highest BCUT2D eigenvalue weighted by Gasteiger charge is 2.11. The average Bonchev–Trinajstić information content (AvgIpc) is 2.44. The Kier molecular flexibility index (Phi) is 5.10.